The average molecular weight is 320 g/mol. The number of rotatable bonds is 4. The molecule has 0 saturated heterocycles. The number of guanidine groups is 1. The van der Waals surface area contributed by atoms with Crippen LogP contribution in [0, 0.1) is 11.2 Å². The zero-order valence-corrected chi connectivity index (χ0v) is 12.4. The lowest BCUT2D eigenvalue weighted by Crippen LogP contribution is -2.39. The molecule has 2 aromatic rings. The van der Waals surface area contributed by atoms with E-state index in [1.807, 2.05) is 12.1 Å². The highest BCUT2D eigenvalue weighted by molar-refractivity contribution is 6.30. The first-order chi connectivity index (χ1) is 10.5. The number of carbonyl (C=O) groups excluding carboxylic acids is 1. The third kappa shape index (κ3) is 4.30. The van der Waals surface area contributed by atoms with E-state index in [-0.39, 0.29) is 5.82 Å². The van der Waals surface area contributed by atoms with E-state index in [4.69, 9.17) is 22.7 Å². The lowest BCUT2D eigenvalue weighted by Gasteiger charge is -2.17. The number of carbonyl (C=O) groups is 1. The van der Waals surface area contributed by atoms with Crippen LogP contribution in [-0.4, -0.2) is 11.9 Å². The highest BCUT2D eigenvalue weighted by atomic mass is 35.5. The van der Waals surface area contributed by atoms with Crippen molar-refractivity contribution in [3.63, 3.8) is 0 Å². The van der Waals surface area contributed by atoms with Crippen LogP contribution in [0.4, 0.5) is 4.39 Å². The van der Waals surface area contributed by atoms with E-state index < -0.39 is 17.8 Å². The largest absolute Gasteiger partial charge is 0.370 e. The molecule has 4 nitrogen and oxygen atoms in total. The van der Waals surface area contributed by atoms with Crippen LogP contribution in [0.25, 0.3) is 0 Å². The van der Waals surface area contributed by atoms with Gasteiger partial charge < -0.3 is 5.73 Å². The maximum atomic E-state index is 13.1. The third-order valence-electron chi connectivity index (χ3n) is 3.20. The van der Waals surface area contributed by atoms with Crippen molar-refractivity contribution in [3.05, 3.63) is 70.5 Å². The van der Waals surface area contributed by atoms with Crippen LogP contribution in [0.5, 0.6) is 0 Å². The molecule has 0 spiro atoms. The van der Waals surface area contributed by atoms with Gasteiger partial charge in [0.15, 0.2) is 5.96 Å². The van der Waals surface area contributed by atoms with Gasteiger partial charge in [0.25, 0.3) is 0 Å². The maximum Gasteiger partial charge on any atom is 0.234 e. The minimum atomic E-state index is -0.578. The molecule has 22 heavy (non-hydrogen) atoms. The van der Waals surface area contributed by atoms with E-state index in [2.05, 4.69) is 5.32 Å². The molecule has 0 radical (unpaired) electrons. The summed E-state index contributed by atoms with van der Waals surface area (Å²) in [6, 6.07) is 12.8. The number of nitrogens with two attached hydrogens (primary N) is 1. The van der Waals surface area contributed by atoms with Gasteiger partial charge in [-0.15, -0.1) is 0 Å². The van der Waals surface area contributed by atoms with E-state index in [1.54, 1.807) is 24.3 Å². The highest BCUT2D eigenvalue weighted by Crippen LogP contribution is 2.22. The molecule has 4 N–H and O–H groups in total. The van der Waals surface area contributed by atoms with Crippen molar-refractivity contribution in [2.45, 2.75) is 12.3 Å². The summed E-state index contributed by atoms with van der Waals surface area (Å²) in [5, 5.41) is 10.1. The first kappa shape index (κ1) is 16.0. The average Bonchev–Trinajstić information content (AvgIpc) is 2.47. The Kier molecular flexibility index (Phi) is 5.12. The zero-order chi connectivity index (χ0) is 16.1. The number of benzene rings is 2. The first-order valence-corrected chi connectivity index (χ1v) is 6.98. The smallest absolute Gasteiger partial charge is 0.234 e. The van der Waals surface area contributed by atoms with Gasteiger partial charge in [-0.1, -0.05) is 35.9 Å². The predicted molar refractivity (Wildman–Crippen MR) is 84.4 cm³/mol. The second-order valence-corrected chi connectivity index (χ2v) is 5.27. The van der Waals surface area contributed by atoms with Gasteiger partial charge in [0, 0.05) is 5.02 Å². The number of hydrogen-bond acceptors (Lipinski definition) is 2. The van der Waals surface area contributed by atoms with Crippen molar-refractivity contribution in [2.75, 3.05) is 0 Å². The molecule has 1 amide bonds. The number of hydrogen-bond donors (Lipinski definition) is 3. The van der Waals surface area contributed by atoms with Crippen LogP contribution < -0.4 is 11.1 Å². The van der Waals surface area contributed by atoms with Crippen molar-refractivity contribution >= 4 is 23.5 Å². The summed E-state index contributed by atoms with van der Waals surface area (Å²) in [7, 11) is 0. The molecule has 0 aliphatic heterocycles. The summed E-state index contributed by atoms with van der Waals surface area (Å²) in [5.41, 5.74) is 6.77. The van der Waals surface area contributed by atoms with Crippen LogP contribution in [0.3, 0.4) is 0 Å². The molecule has 0 saturated carbocycles. The minimum absolute atomic E-state index is 0.374. The number of halogens is 2. The molecule has 0 fully saturated rings. The number of amides is 1. The van der Waals surface area contributed by atoms with Crippen molar-refractivity contribution in [3.8, 4) is 0 Å². The molecule has 0 bridgehead atoms. The molecule has 1 unspecified atom stereocenters. The molecule has 0 aliphatic carbocycles. The molecule has 2 aromatic carbocycles. The topological polar surface area (TPSA) is 79.0 Å². The normalized spacial score (nSPS) is 11.7. The van der Waals surface area contributed by atoms with Gasteiger partial charge in [0.2, 0.25) is 5.91 Å². The molecule has 0 heterocycles. The van der Waals surface area contributed by atoms with E-state index in [1.165, 1.54) is 12.1 Å². The lowest BCUT2D eigenvalue weighted by molar-refractivity contribution is -0.121. The van der Waals surface area contributed by atoms with E-state index >= 15 is 0 Å². The van der Waals surface area contributed by atoms with Crippen molar-refractivity contribution < 1.29 is 9.18 Å². The fourth-order valence-corrected chi connectivity index (χ4v) is 2.26. The number of nitrogens with one attached hydrogen (secondary N) is 2. The SMILES string of the molecule is N=C(N)NC(=O)C(Cc1ccc(Cl)cc1)c1ccc(F)cc1. The zero-order valence-electron chi connectivity index (χ0n) is 11.6. The first-order valence-electron chi connectivity index (χ1n) is 6.60. The van der Waals surface area contributed by atoms with E-state index in [9.17, 15) is 9.18 Å². The van der Waals surface area contributed by atoms with Crippen molar-refractivity contribution in [1.82, 2.24) is 5.32 Å². The molecular weight excluding hydrogens is 305 g/mol. The van der Waals surface area contributed by atoms with Crippen molar-refractivity contribution in [1.29, 1.82) is 5.41 Å². The second-order valence-electron chi connectivity index (χ2n) is 4.84. The van der Waals surface area contributed by atoms with Crippen LogP contribution in [0.2, 0.25) is 5.02 Å². The lowest BCUT2D eigenvalue weighted by atomic mass is 9.91. The summed E-state index contributed by atoms with van der Waals surface area (Å²) in [6.45, 7) is 0. The summed E-state index contributed by atoms with van der Waals surface area (Å²) in [4.78, 5) is 12.3. The minimum Gasteiger partial charge on any atom is -0.370 e. The second kappa shape index (κ2) is 7.04. The fourth-order valence-electron chi connectivity index (χ4n) is 2.13. The standard InChI is InChI=1S/C16H15ClFN3O/c17-12-5-1-10(2-6-12)9-14(15(22)21-16(19)20)11-3-7-13(18)8-4-11/h1-8,14H,9H2,(H4,19,20,21,22). The Labute approximate surface area is 132 Å². The molecule has 2 rings (SSSR count). The van der Waals surface area contributed by atoms with E-state index in [0.29, 0.717) is 17.0 Å². The molecule has 1 atom stereocenters. The van der Waals surface area contributed by atoms with Crippen LogP contribution in [0.1, 0.15) is 17.0 Å². The Hall–Kier alpha value is -2.40. The molecule has 0 aliphatic rings. The quantitative estimate of drug-likeness (QED) is 0.598. The van der Waals surface area contributed by atoms with Crippen LogP contribution in [-0.2, 0) is 11.2 Å². The van der Waals surface area contributed by atoms with E-state index in [0.717, 1.165) is 5.56 Å². The Balaban J connectivity index is 2.28. The fraction of sp³-hybridized carbons (Fsp3) is 0.125. The molecule has 6 heteroatoms. The van der Waals surface area contributed by atoms with Gasteiger partial charge in [-0.25, -0.2) is 4.39 Å². The Bertz CT molecular complexity index is 671. The highest BCUT2D eigenvalue weighted by Gasteiger charge is 2.21. The summed E-state index contributed by atoms with van der Waals surface area (Å²) < 4.78 is 13.1. The Morgan fingerprint density at radius 3 is 2.32 bits per heavy atom. The van der Waals surface area contributed by atoms with Gasteiger partial charge in [-0.3, -0.25) is 15.5 Å². The maximum absolute atomic E-state index is 13.1. The van der Waals surface area contributed by atoms with Gasteiger partial charge in [-0.2, -0.15) is 0 Å². The third-order valence-corrected chi connectivity index (χ3v) is 3.45. The summed E-state index contributed by atoms with van der Waals surface area (Å²) in [6.07, 6.45) is 0.391. The summed E-state index contributed by atoms with van der Waals surface area (Å²) >= 11 is 5.85. The molecule has 114 valence electrons. The van der Waals surface area contributed by atoms with Gasteiger partial charge in [-0.05, 0) is 41.8 Å². The van der Waals surface area contributed by atoms with Crippen LogP contribution >= 0.6 is 11.6 Å². The predicted octanol–water partition coefficient (Wildman–Crippen LogP) is 2.82. The van der Waals surface area contributed by atoms with Crippen molar-refractivity contribution in [2.24, 2.45) is 5.73 Å². The molecular formula is C16H15ClFN3O. The van der Waals surface area contributed by atoms with Gasteiger partial charge in [0.05, 0.1) is 5.92 Å². The summed E-state index contributed by atoms with van der Waals surface area (Å²) in [5.74, 6) is -1.78. The van der Waals surface area contributed by atoms with Crippen LogP contribution in [0.15, 0.2) is 48.5 Å². The Morgan fingerprint density at radius 1 is 1.18 bits per heavy atom. The monoisotopic (exact) mass is 319 g/mol. The van der Waals surface area contributed by atoms with Gasteiger partial charge in [0.1, 0.15) is 5.82 Å². The molecule has 0 aromatic heterocycles. The Morgan fingerprint density at radius 2 is 1.77 bits per heavy atom. The van der Waals surface area contributed by atoms with Gasteiger partial charge >= 0.3 is 0 Å².